The van der Waals surface area contributed by atoms with Gasteiger partial charge in [-0.05, 0) is 74.8 Å². The van der Waals surface area contributed by atoms with Gasteiger partial charge in [0.1, 0.15) is 11.4 Å². The second-order valence-electron chi connectivity index (χ2n) is 12.4. The van der Waals surface area contributed by atoms with Crippen LogP contribution in [-0.4, -0.2) is 45.8 Å². The van der Waals surface area contributed by atoms with E-state index in [1.807, 2.05) is 13.8 Å². The maximum Gasteiger partial charge on any atom is 0.257 e. The lowest BCUT2D eigenvalue weighted by Gasteiger charge is -2.62. The third-order valence-electron chi connectivity index (χ3n) is 10.7. The van der Waals surface area contributed by atoms with E-state index in [0.29, 0.717) is 41.4 Å². The molecule has 40 heavy (non-hydrogen) atoms. The number of alkyl halides is 1. The molecule has 0 radical (unpaired) electrons. The van der Waals surface area contributed by atoms with Gasteiger partial charge in [-0.3, -0.25) is 14.9 Å². The number of ether oxygens (including phenoxy) is 1. The van der Waals surface area contributed by atoms with Crippen molar-refractivity contribution >= 4 is 28.2 Å². The molecule has 0 aliphatic heterocycles. The topological polar surface area (TPSA) is 109 Å². The fraction of sp³-hybridized carbons (Fsp3) is 0.516. The monoisotopic (exact) mass is 566 g/mol. The summed E-state index contributed by atoms with van der Waals surface area (Å²) < 4.78 is 22.6. The standard InChI is InChI=1S/C31H35FN2O5S/c1-17-12-23-22-9-8-19-14-20(35)10-11-28(19,2)30(22,32)25(36)15-29(23,3)31(17,38)24-16-40-27(33-24)34-26(37)18-6-5-7-21(13-18)39-4/h5-7,10-11,13-14,16-17,22-23,25,36,38H,8-9,12,15H2,1-4H3,(H,33,34,37)/t17-,22+,23+,25+,28+,29+,30+,31+/m1/s1. The van der Waals surface area contributed by atoms with Gasteiger partial charge in [-0.15, -0.1) is 11.3 Å². The summed E-state index contributed by atoms with van der Waals surface area (Å²) in [5, 5.41) is 29.0. The maximum absolute atomic E-state index is 17.4. The summed E-state index contributed by atoms with van der Waals surface area (Å²) in [5.41, 5.74) is -3.72. The first-order chi connectivity index (χ1) is 18.9. The fourth-order valence-electron chi connectivity index (χ4n) is 8.53. The molecule has 1 aromatic carbocycles. The molecule has 3 saturated carbocycles. The Kier molecular flexibility index (Phi) is 6.18. The maximum atomic E-state index is 17.4. The Morgan fingerprint density at radius 3 is 2.80 bits per heavy atom. The van der Waals surface area contributed by atoms with Crippen LogP contribution in [-0.2, 0) is 10.4 Å². The molecule has 0 unspecified atom stereocenters. The van der Waals surface area contributed by atoms with E-state index in [9.17, 15) is 19.8 Å². The van der Waals surface area contributed by atoms with Crippen LogP contribution in [0.5, 0.6) is 5.75 Å². The molecular formula is C31H35FN2O5S. The van der Waals surface area contributed by atoms with E-state index in [0.717, 1.165) is 5.57 Å². The fourth-order valence-corrected chi connectivity index (χ4v) is 9.29. The first kappa shape index (κ1) is 27.3. The van der Waals surface area contributed by atoms with Crippen molar-refractivity contribution < 1.29 is 28.9 Å². The number of halogens is 1. The third-order valence-corrected chi connectivity index (χ3v) is 11.4. The number of nitrogens with zero attached hydrogens (tertiary/aromatic N) is 1. The molecule has 0 saturated heterocycles. The van der Waals surface area contributed by atoms with Crippen LogP contribution in [0.4, 0.5) is 9.52 Å². The number of carbonyl (C=O) groups is 2. The summed E-state index contributed by atoms with van der Waals surface area (Å²) >= 11 is 1.23. The molecule has 4 aliphatic carbocycles. The summed E-state index contributed by atoms with van der Waals surface area (Å²) in [4.78, 5) is 29.6. The number of hydrogen-bond donors (Lipinski definition) is 3. The van der Waals surface area contributed by atoms with Crippen molar-refractivity contribution in [2.45, 2.75) is 63.8 Å². The Labute approximate surface area is 237 Å². The zero-order chi connectivity index (χ0) is 28.7. The van der Waals surface area contributed by atoms with Crippen LogP contribution < -0.4 is 10.1 Å². The zero-order valence-corrected chi connectivity index (χ0v) is 23.9. The average Bonchev–Trinajstić information content (AvgIpc) is 3.47. The molecule has 1 aromatic heterocycles. The summed E-state index contributed by atoms with van der Waals surface area (Å²) in [6, 6.07) is 6.80. The predicted octanol–water partition coefficient (Wildman–Crippen LogP) is 5.21. The molecule has 6 rings (SSSR count). The van der Waals surface area contributed by atoms with E-state index >= 15 is 4.39 Å². The Morgan fingerprint density at radius 1 is 1.27 bits per heavy atom. The van der Waals surface area contributed by atoms with Gasteiger partial charge in [-0.1, -0.05) is 31.6 Å². The molecule has 4 aliphatic rings. The number of aliphatic hydroxyl groups is 2. The van der Waals surface area contributed by atoms with Crippen LogP contribution >= 0.6 is 11.3 Å². The van der Waals surface area contributed by atoms with Crippen LogP contribution in [0, 0.1) is 28.6 Å². The van der Waals surface area contributed by atoms with Gasteiger partial charge in [0.15, 0.2) is 16.6 Å². The lowest BCUT2D eigenvalue weighted by atomic mass is 9.44. The number of methoxy groups -OCH3 is 1. The number of amides is 1. The highest BCUT2D eigenvalue weighted by molar-refractivity contribution is 7.14. The minimum atomic E-state index is -1.96. The quantitative estimate of drug-likeness (QED) is 0.469. The van der Waals surface area contributed by atoms with Crippen molar-refractivity contribution in [1.82, 2.24) is 4.98 Å². The van der Waals surface area contributed by atoms with E-state index in [4.69, 9.17) is 4.74 Å². The normalized spacial score (nSPS) is 40.1. The van der Waals surface area contributed by atoms with Crippen molar-refractivity contribution in [3.05, 3.63) is 64.7 Å². The van der Waals surface area contributed by atoms with Gasteiger partial charge in [0, 0.05) is 27.7 Å². The Morgan fingerprint density at radius 2 is 2.05 bits per heavy atom. The number of thiazole rings is 1. The van der Waals surface area contributed by atoms with E-state index in [2.05, 4.69) is 10.3 Å². The lowest BCUT2D eigenvalue weighted by molar-refractivity contribution is -0.223. The highest BCUT2D eigenvalue weighted by atomic mass is 32.1. The largest absolute Gasteiger partial charge is 0.497 e. The summed E-state index contributed by atoms with van der Waals surface area (Å²) in [6.07, 6.45) is 4.96. The van der Waals surface area contributed by atoms with Crippen LogP contribution in [0.3, 0.4) is 0 Å². The van der Waals surface area contributed by atoms with E-state index < -0.39 is 34.1 Å². The van der Waals surface area contributed by atoms with Gasteiger partial charge in [0.05, 0.1) is 18.9 Å². The number of allylic oxidation sites excluding steroid dienone is 4. The van der Waals surface area contributed by atoms with Crippen LogP contribution in [0.2, 0.25) is 0 Å². The van der Waals surface area contributed by atoms with Crippen LogP contribution in [0.1, 0.15) is 62.5 Å². The molecule has 2 aromatic rings. The molecule has 0 spiro atoms. The van der Waals surface area contributed by atoms with Crippen LogP contribution in [0.15, 0.2) is 53.4 Å². The smallest absolute Gasteiger partial charge is 0.257 e. The molecule has 0 bridgehead atoms. The SMILES string of the molecule is COc1cccc(C(=O)Nc2nc([C@@]3(O)[C@H](C)C[C@H]4[C@@H]5CCC6=CC(=O)C=C[C@]6(C)[C@@]5(F)[C@@H](O)C[C@@]43C)cs2)c1. The van der Waals surface area contributed by atoms with Crippen molar-refractivity contribution in [3.8, 4) is 5.75 Å². The van der Waals surface area contributed by atoms with Crippen molar-refractivity contribution in [1.29, 1.82) is 0 Å². The molecule has 1 heterocycles. The minimum absolute atomic E-state index is 0.0548. The van der Waals surface area contributed by atoms with Gasteiger partial charge < -0.3 is 14.9 Å². The summed E-state index contributed by atoms with van der Waals surface area (Å²) in [7, 11) is 1.53. The lowest BCUT2D eigenvalue weighted by Crippen LogP contribution is -2.68. The number of nitrogens with one attached hydrogen (secondary N) is 1. The molecule has 9 heteroatoms. The first-order valence-electron chi connectivity index (χ1n) is 13.8. The summed E-state index contributed by atoms with van der Waals surface area (Å²) in [6.45, 7) is 5.70. The van der Waals surface area contributed by atoms with Gasteiger partial charge in [-0.2, -0.15) is 0 Å². The molecule has 3 fully saturated rings. The van der Waals surface area contributed by atoms with E-state index in [1.165, 1.54) is 30.6 Å². The number of rotatable bonds is 4. The highest BCUT2D eigenvalue weighted by Crippen LogP contribution is 2.72. The number of aromatic nitrogens is 1. The van der Waals surface area contributed by atoms with Crippen molar-refractivity contribution in [2.24, 2.45) is 28.6 Å². The summed E-state index contributed by atoms with van der Waals surface area (Å²) in [5.74, 6) is -0.884. The number of anilines is 1. The van der Waals surface area contributed by atoms with Gasteiger partial charge in [-0.25, -0.2) is 9.37 Å². The predicted molar refractivity (Wildman–Crippen MR) is 150 cm³/mol. The second-order valence-corrected chi connectivity index (χ2v) is 13.2. The second kappa shape index (κ2) is 9.06. The Bertz CT molecular complexity index is 1450. The Balaban J connectivity index is 1.32. The van der Waals surface area contributed by atoms with Crippen molar-refractivity contribution in [3.63, 3.8) is 0 Å². The molecule has 7 nitrogen and oxygen atoms in total. The van der Waals surface area contributed by atoms with Crippen LogP contribution in [0.25, 0.3) is 0 Å². The highest BCUT2D eigenvalue weighted by Gasteiger charge is 2.74. The molecule has 212 valence electrons. The number of carbonyl (C=O) groups excluding carboxylic acids is 2. The minimum Gasteiger partial charge on any atom is -0.497 e. The van der Waals surface area contributed by atoms with Gasteiger partial charge >= 0.3 is 0 Å². The molecule has 3 N–H and O–H groups in total. The van der Waals surface area contributed by atoms with E-state index in [-0.39, 0.29) is 29.9 Å². The number of fused-ring (bicyclic) bond motifs is 5. The zero-order valence-electron chi connectivity index (χ0n) is 23.1. The van der Waals surface area contributed by atoms with Gasteiger partial charge in [0.2, 0.25) is 0 Å². The molecule has 8 atom stereocenters. The number of hydrogen-bond acceptors (Lipinski definition) is 7. The van der Waals surface area contributed by atoms with Gasteiger partial charge in [0.25, 0.3) is 5.91 Å². The number of benzene rings is 1. The molecular weight excluding hydrogens is 531 g/mol. The number of aliphatic hydroxyl groups excluding tert-OH is 1. The Hall–Kier alpha value is -2.88. The molecule has 1 amide bonds. The van der Waals surface area contributed by atoms with E-state index in [1.54, 1.807) is 42.6 Å². The van der Waals surface area contributed by atoms with Crippen molar-refractivity contribution in [2.75, 3.05) is 12.4 Å². The number of ketones is 1. The first-order valence-corrected chi connectivity index (χ1v) is 14.7. The third kappa shape index (κ3) is 3.50. The average molecular weight is 567 g/mol.